The highest BCUT2D eigenvalue weighted by Gasteiger charge is 2.22. The maximum absolute atomic E-state index is 12.8. The number of para-hydroxylation sites is 1. The van der Waals surface area contributed by atoms with E-state index in [1.54, 1.807) is 42.9 Å². The summed E-state index contributed by atoms with van der Waals surface area (Å²) >= 11 is 5.84. The number of carbonyl (C=O) groups excluding carboxylic acids is 1. The summed E-state index contributed by atoms with van der Waals surface area (Å²) in [4.78, 5) is 25.3. The standard InChI is InChI=1S/C18H16ClN3O2/c1-12-16(17(23)20-14-10-8-13(19)9-11-14)18(24)22(21(12)2)15-6-4-3-5-7-15/h3-11H,1-2H3,(H,20,23). The molecule has 0 fully saturated rings. The lowest BCUT2D eigenvalue weighted by atomic mass is 10.2. The number of nitrogens with zero attached hydrogens (tertiary/aromatic N) is 2. The van der Waals surface area contributed by atoms with E-state index < -0.39 is 5.91 Å². The zero-order valence-corrected chi connectivity index (χ0v) is 14.0. The summed E-state index contributed by atoms with van der Waals surface area (Å²) in [6, 6.07) is 15.9. The maximum Gasteiger partial charge on any atom is 0.284 e. The Labute approximate surface area is 144 Å². The number of hydrogen-bond acceptors (Lipinski definition) is 2. The van der Waals surface area contributed by atoms with Crippen LogP contribution >= 0.6 is 11.6 Å². The Balaban J connectivity index is 2.01. The molecule has 5 nitrogen and oxygen atoms in total. The fraction of sp³-hybridized carbons (Fsp3) is 0.111. The molecule has 3 aromatic rings. The first kappa shape index (κ1) is 16.1. The third-order valence-electron chi connectivity index (χ3n) is 3.88. The van der Waals surface area contributed by atoms with Gasteiger partial charge in [0.05, 0.1) is 11.4 Å². The van der Waals surface area contributed by atoms with Gasteiger partial charge in [-0.3, -0.25) is 14.3 Å². The topological polar surface area (TPSA) is 56.0 Å². The van der Waals surface area contributed by atoms with Crippen LogP contribution in [-0.4, -0.2) is 15.3 Å². The van der Waals surface area contributed by atoms with Gasteiger partial charge in [-0.2, -0.15) is 0 Å². The summed E-state index contributed by atoms with van der Waals surface area (Å²) < 4.78 is 3.15. The molecule has 1 amide bonds. The van der Waals surface area contributed by atoms with E-state index in [2.05, 4.69) is 5.32 Å². The van der Waals surface area contributed by atoms with Crippen molar-refractivity contribution in [2.75, 3.05) is 5.32 Å². The van der Waals surface area contributed by atoms with Crippen LogP contribution < -0.4 is 10.9 Å². The van der Waals surface area contributed by atoms with Crippen molar-refractivity contribution in [2.45, 2.75) is 6.92 Å². The van der Waals surface area contributed by atoms with Crippen molar-refractivity contribution in [3.05, 3.63) is 81.2 Å². The number of hydrogen-bond donors (Lipinski definition) is 1. The van der Waals surface area contributed by atoms with Gasteiger partial charge in [-0.15, -0.1) is 0 Å². The van der Waals surface area contributed by atoms with Gasteiger partial charge in [-0.25, -0.2) is 4.68 Å². The predicted molar refractivity (Wildman–Crippen MR) is 95.2 cm³/mol. The Morgan fingerprint density at radius 3 is 2.29 bits per heavy atom. The molecule has 0 saturated carbocycles. The second-order valence-corrected chi connectivity index (χ2v) is 5.83. The summed E-state index contributed by atoms with van der Waals surface area (Å²) in [6.07, 6.45) is 0. The number of halogens is 1. The van der Waals surface area contributed by atoms with Crippen LogP contribution in [0.1, 0.15) is 16.1 Å². The molecule has 6 heteroatoms. The van der Waals surface area contributed by atoms with Crippen LogP contribution in [0.4, 0.5) is 5.69 Å². The molecule has 0 saturated heterocycles. The van der Waals surface area contributed by atoms with Gasteiger partial charge in [0.15, 0.2) is 0 Å². The first-order chi connectivity index (χ1) is 11.5. The van der Waals surface area contributed by atoms with Gasteiger partial charge < -0.3 is 5.32 Å². The molecule has 0 aliphatic carbocycles. The van der Waals surface area contributed by atoms with Crippen LogP contribution in [0.2, 0.25) is 5.02 Å². The Morgan fingerprint density at radius 2 is 1.67 bits per heavy atom. The fourth-order valence-electron chi connectivity index (χ4n) is 2.56. The molecule has 122 valence electrons. The second kappa shape index (κ2) is 6.37. The first-order valence-corrected chi connectivity index (χ1v) is 7.78. The monoisotopic (exact) mass is 341 g/mol. The van der Waals surface area contributed by atoms with E-state index in [9.17, 15) is 9.59 Å². The number of anilines is 1. The third-order valence-corrected chi connectivity index (χ3v) is 4.14. The number of amides is 1. The Bertz CT molecular complexity index is 941. The third kappa shape index (κ3) is 2.86. The molecule has 1 aromatic heterocycles. The zero-order valence-electron chi connectivity index (χ0n) is 13.3. The molecular formula is C18H16ClN3O2. The minimum atomic E-state index is -0.440. The lowest BCUT2D eigenvalue weighted by Gasteiger charge is -2.07. The quantitative estimate of drug-likeness (QED) is 0.794. The van der Waals surface area contributed by atoms with Crippen molar-refractivity contribution < 1.29 is 4.79 Å². The second-order valence-electron chi connectivity index (χ2n) is 5.40. The summed E-state index contributed by atoms with van der Waals surface area (Å²) in [5, 5.41) is 3.31. The number of aromatic nitrogens is 2. The molecule has 0 aliphatic rings. The highest BCUT2D eigenvalue weighted by atomic mass is 35.5. The van der Waals surface area contributed by atoms with Gasteiger partial charge in [0.25, 0.3) is 11.5 Å². The van der Waals surface area contributed by atoms with Crippen molar-refractivity contribution in [3.8, 4) is 5.69 Å². The molecular weight excluding hydrogens is 326 g/mol. The van der Waals surface area contributed by atoms with Gasteiger partial charge in [0, 0.05) is 17.8 Å². The number of benzene rings is 2. The number of carbonyl (C=O) groups is 1. The molecule has 1 N–H and O–H groups in total. The maximum atomic E-state index is 12.8. The Kier molecular flexibility index (Phi) is 4.27. The van der Waals surface area contributed by atoms with Crippen LogP contribution in [0.25, 0.3) is 5.69 Å². The van der Waals surface area contributed by atoms with Gasteiger partial charge in [0.1, 0.15) is 5.56 Å². The van der Waals surface area contributed by atoms with Crippen LogP contribution in [0, 0.1) is 6.92 Å². The van der Waals surface area contributed by atoms with E-state index >= 15 is 0 Å². The van der Waals surface area contributed by atoms with Crippen LogP contribution in [0.15, 0.2) is 59.4 Å². The minimum Gasteiger partial charge on any atom is -0.322 e. The molecule has 1 heterocycles. The Hall–Kier alpha value is -2.79. The van der Waals surface area contributed by atoms with E-state index in [0.717, 1.165) is 0 Å². The van der Waals surface area contributed by atoms with Crippen LogP contribution in [0.3, 0.4) is 0 Å². The molecule has 0 radical (unpaired) electrons. The lowest BCUT2D eigenvalue weighted by molar-refractivity contribution is 0.102. The van der Waals surface area contributed by atoms with Crippen molar-refractivity contribution >= 4 is 23.2 Å². The molecule has 3 rings (SSSR count). The van der Waals surface area contributed by atoms with Crippen LogP contribution in [-0.2, 0) is 7.05 Å². The van der Waals surface area contributed by atoms with E-state index in [1.165, 1.54) is 4.68 Å². The normalized spacial score (nSPS) is 10.6. The van der Waals surface area contributed by atoms with Crippen molar-refractivity contribution in [1.82, 2.24) is 9.36 Å². The van der Waals surface area contributed by atoms with E-state index in [-0.39, 0.29) is 11.1 Å². The van der Waals surface area contributed by atoms with Gasteiger partial charge in [0.2, 0.25) is 0 Å². The molecule has 0 unspecified atom stereocenters. The molecule has 0 aliphatic heterocycles. The fourth-order valence-corrected chi connectivity index (χ4v) is 2.68. The van der Waals surface area contributed by atoms with Crippen LogP contribution in [0.5, 0.6) is 0 Å². The molecule has 0 atom stereocenters. The largest absolute Gasteiger partial charge is 0.322 e. The summed E-state index contributed by atoms with van der Waals surface area (Å²) in [6.45, 7) is 1.75. The number of rotatable bonds is 3. The SMILES string of the molecule is Cc1c(C(=O)Nc2ccc(Cl)cc2)c(=O)n(-c2ccccc2)n1C. The van der Waals surface area contributed by atoms with E-state index in [1.807, 2.05) is 30.3 Å². The highest BCUT2D eigenvalue weighted by molar-refractivity contribution is 6.30. The molecule has 24 heavy (non-hydrogen) atoms. The zero-order chi connectivity index (χ0) is 17.3. The average molecular weight is 342 g/mol. The minimum absolute atomic E-state index is 0.122. The Morgan fingerprint density at radius 1 is 1.04 bits per heavy atom. The molecule has 0 bridgehead atoms. The van der Waals surface area contributed by atoms with Crippen molar-refractivity contribution in [1.29, 1.82) is 0 Å². The summed E-state index contributed by atoms with van der Waals surface area (Å²) in [5.74, 6) is -0.440. The molecule has 0 spiro atoms. The van der Waals surface area contributed by atoms with Gasteiger partial charge in [-0.1, -0.05) is 29.8 Å². The van der Waals surface area contributed by atoms with Gasteiger partial charge >= 0.3 is 0 Å². The lowest BCUT2D eigenvalue weighted by Crippen LogP contribution is -2.25. The van der Waals surface area contributed by atoms with Crippen molar-refractivity contribution in [3.63, 3.8) is 0 Å². The summed E-state index contributed by atoms with van der Waals surface area (Å²) in [7, 11) is 1.75. The van der Waals surface area contributed by atoms with Crippen molar-refractivity contribution in [2.24, 2.45) is 7.05 Å². The summed E-state index contributed by atoms with van der Waals surface area (Å²) in [5.41, 5.74) is 1.65. The average Bonchev–Trinajstić information content (AvgIpc) is 2.80. The van der Waals surface area contributed by atoms with E-state index in [4.69, 9.17) is 11.6 Å². The number of nitrogens with one attached hydrogen (secondary N) is 1. The first-order valence-electron chi connectivity index (χ1n) is 7.40. The van der Waals surface area contributed by atoms with E-state index in [0.29, 0.717) is 22.1 Å². The predicted octanol–water partition coefficient (Wildman–Crippen LogP) is 3.39. The van der Waals surface area contributed by atoms with Gasteiger partial charge in [-0.05, 0) is 43.3 Å². The smallest absolute Gasteiger partial charge is 0.284 e. The highest BCUT2D eigenvalue weighted by Crippen LogP contribution is 2.15. The molecule has 2 aromatic carbocycles.